The van der Waals surface area contributed by atoms with E-state index in [0.717, 1.165) is 10.6 Å². The summed E-state index contributed by atoms with van der Waals surface area (Å²) in [5, 5.41) is 18.6. The van der Waals surface area contributed by atoms with Crippen molar-refractivity contribution >= 4 is 23.5 Å². The number of thioether (sulfide) groups is 1. The molecule has 0 aliphatic carbocycles. The Hall–Kier alpha value is -2.87. The molecule has 0 bridgehead atoms. The number of carbonyl (C=O) groups is 1. The van der Waals surface area contributed by atoms with Gasteiger partial charge in [0.1, 0.15) is 5.82 Å². The van der Waals surface area contributed by atoms with E-state index in [-0.39, 0.29) is 5.91 Å². The molecular formula is C18H20N6OS. The SMILES string of the molecule is CSc1ccc(C(=O)NCCNc2ccc(-n3ccc(C)n3)nn2)cc1. The first kappa shape index (κ1) is 17.9. The van der Waals surface area contributed by atoms with Crippen LogP contribution < -0.4 is 10.6 Å². The summed E-state index contributed by atoms with van der Waals surface area (Å²) in [5.41, 5.74) is 1.58. The van der Waals surface area contributed by atoms with Crippen molar-refractivity contribution in [1.82, 2.24) is 25.3 Å². The van der Waals surface area contributed by atoms with Gasteiger partial charge in [-0.2, -0.15) is 5.10 Å². The standard InChI is InChI=1S/C18H20N6OS/c1-13-9-12-24(23-13)17-8-7-16(21-22-17)19-10-11-20-18(25)14-3-5-15(26-2)6-4-14/h3-9,12H,10-11H2,1-2H3,(H,19,21)(H,20,25). The van der Waals surface area contributed by atoms with E-state index in [0.29, 0.717) is 30.3 Å². The van der Waals surface area contributed by atoms with E-state index in [9.17, 15) is 4.79 Å². The zero-order chi connectivity index (χ0) is 18.4. The van der Waals surface area contributed by atoms with Crippen LogP contribution in [-0.4, -0.2) is 45.2 Å². The predicted molar refractivity (Wildman–Crippen MR) is 103 cm³/mol. The van der Waals surface area contributed by atoms with Gasteiger partial charge in [-0.25, -0.2) is 4.68 Å². The fourth-order valence-corrected chi connectivity index (χ4v) is 2.70. The number of nitrogens with zero attached hydrogens (tertiary/aromatic N) is 4. The lowest BCUT2D eigenvalue weighted by Gasteiger charge is -2.08. The van der Waals surface area contributed by atoms with E-state index in [1.54, 1.807) is 16.4 Å². The van der Waals surface area contributed by atoms with Crippen LogP contribution in [0.4, 0.5) is 5.82 Å². The number of anilines is 1. The van der Waals surface area contributed by atoms with Crippen molar-refractivity contribution in [3.63, 3.8) is 0 Å². The van der Waals surface area contributed by atoms with Crippen molar-refractivity contribution in [2.75, 3.05) is 24.7 Å². The zero-order valence-electron chi connectivity index (χ0n) is 14.6. The van der Waals surface area contributed by atoms with Gasteiger partial charge in [0.2, 0.25) is 0 Å². The molecule has 0 saturated heterocycles. The molecule has 26 heavy (non-hydrogen) atoms. The molecule has 0 unspecified atom stereocenters. The van der Waals surface area contributed by atoms with Crippen molar-refractivity contribution in [3.05, 3.63) is 59.9 Å². The highest BCUT2D eigenvalue weighted by atomic mass is 32.2. The number of hydrogen-bond donors (Lipinski definition) is 2. The third-order valence-electron chi connectivity index (χ3n) is 3.68. The lowest BCUT2D eigenvalue weighted by atomic mass is 10.2. The molecule has 0 spiro atoms. The maximum absolute atomic E-state index is 12.1. The van der Waals surface area contributed by atoms with Gasteiger partial charge in [-0.1, -0.05) is 0 Å². The molecule has 0 radical (unpaired) electrons. The van der Waals surface area contributed by atoms with Crippen LogP contribution in [0.5, 0.6) is 0 Å². The van der Waals surface area contributed by atoms with E-state index in [1.807, 2.05) is 61.8 Å². The van der Waals surface area contributed by atoms with Crippen LogP contribution in [0.15, 0.2) is 53.6 Å². The number of amides is 1. The maximum Gasteiger partial charge on any atom is 0.251 e. The molecule has 1 aromatic carbocycles. The molecule has 2 N–H and O–H groups in total. The quantitative estimate of drug-likeness (QED) is 0.492. The Kier molecular flexibility index (Phi) is 5.85. The van der Waals surface area contributed by atoms with Gasteiger partial charge in [-0.05, 0) is 55.6 Å². The minimum atomic E-state index is -0.0880. The summed E-state index contributed by atoms with van der Waals surface area (Å²) in [6.07, 6.45) is 3.85. The Morgan fingerprint density at radius 2 is 1.88 bits per heavy atom. The predicted octanol–water partition coefficient (Wildman–Crippen LogP) is 2.53. The molecule has 0 aliphatic rings. The Morgan fingerprint density at radius 3 is 2.50 bits per heavy atom. The normalized spacial score (nSPS) is 10.5. The van der Waals surface area contributed by atoms with E-state index in [4.69, 9.17) is 0 Å². The fourth-order valence-electron chi connectivity index (χ4n) is 2.30. The summed E-state index contributed by atoms with van der Waals surface area (Å²) < 4.78 is 1.68. The van der Waals surface area contributed by atoms with Crippen LogP contribution in [0.25, 0.3) is 5.82 Å². The first-order chi connectivity index (χ1) is 12.7. The van der Waals surface area contributed by atoms with Crippen LogP contribution in [0.2, 0.25) is 0 Å². The van der Waals surface area contributed by atoms with Gasteiger partial charge in [0, 0.05) is 29.7 Å². The average Bonchev–Trinajstić information content (AvgIpc) is 3.12. The molecule has 0 atom stereocenters. The van der Waals surface area contributed by atoms with E-state index >= 15 is 0 Å². The second-order valence-corrected chi connectivity index (χ2v) is 6.47. The minimum absolute atomic E-state index is 0.0880. The Balaban J connectivity index is 1.45. The molecule has 1 amide bonds. The molecule has 0 saturated carbocycles. The van der Waals surface area contributed by atoms with Crippen molar-refractivity contribution < 1.29 is 4.79 Å². The number of benzene rings is 1. The summed E-state index contributed by atoms with van der Waals surface area (Å²) in [6.45, 7) is 2.97. The van der Waals surface area contributed by atoms with E-state index in [2.05, 4.69) is 25.9 Å². The Labute approximate surface area is 156 Å². The molecule has 0 fully saturated rings. The van der Waals surface area contributed by atoms with Crippen molar-refractivity contribution in [2.45, 2.75) is 11.8 Å². The second-order valence-electron chi connectivity index (χ2n) is 5.59. The number of aryl methyl sites for hydroxylation is 1. The fraction of sp³-hybridized carbons (Fsp3) is 0.222. The Bertz CT molecular complexity index is 860. The lowest BCUT2D eigenvalue weighted by molar-refractivity contribution is 0.0955. The minimum Gasteiger partial charge on any atom is -0.367 e. The second kappa shape index (κ2) is 8.48. The summed E-state index contributed by atoms with van der Waals surface area (Å²) in [5.74, 6) is 1.22. The first-order valence-electron chi connectivity index (χ1n) is 8.18. The van der Waals surface area contributed by atoms with Crippen molar-refractivity contribution in [3.8, 4) is 5.82 Å². The van der Waals surface area contributed by atoms with Crippen molar-refractivity contribution in [1.29, 1.82) is 0 Å². The summed E-state index contributed by atoms with van der Waals surface area (Å²) in [7, 11) is 0. The average molecular weight is 368 g/mol. The van der Waals surface area contributed by atoms with E-state index < -0.39 is 0 Å². The van der Waals surface area contributed by atoms with Gasteiger partial charge in [-0.3, -0.25) is 4.79 Å². The first-order valence-corrected chi connectivity index (χ1v) is 9.41. The zero-order valence-corrected chi connectivity index (χ0v) is 15.5. The molecule has 3 aromatic rings. The molecule has 3 rings (SSSR count). The van der Waals surface area contributed by atoms with Gasteiger partial charge < -0.3 is 10.6 Å². The summed E-state index contributed by atoms with van der Waals surface area (Å²) >= 11 is 1.65. The summed E-state index contributed by atoms with van der Waals surface area (Å²) in [6, 6.07) is 13.1. The maximum atomic E-state index is 12.1. The number of rotatable bonds is 7. The van der Waals surface area contributed by atoms with Gasteiger partial charge in [0.15, 0.2) is 5.82 Å². The van der Waals surface area contributed by atoms with Gasteiger partial charge in [0.25, 0.3) is 5.91 Å². The van der Waals surface area contributed by atoms with Gasteiger partial charge >= 0.3 is 0 Å². The Morgan fingerprint density at radius 1 is 1.08 bits per heavy atom. The molecule has 2 aromatic heterocycles. The van der Waals surface area contributed by atoms with Crippen molar-refractivity contribution in [2.24, 2.45) is 0 Å². The molecule has 2 heterocycles. The van der Waals surface area contributed by atoms with Crippen LogP contribution >= 0.6 is 11.8 Å². The topological polar surface area (TPSA) is 84.7 Å². The molecule has 7 nitrogen and oxygen atoms in total. The smallest absolute Gasteiger partial charge is 0.251 e. The van der Waals surface area contributed by atoms with Crippen LogP contribution in [-0.2, 0) is 0 Å². The highest BCUT2D eigenvalue weighted by Crippen LogP contribution is 2.14. The number of hydrogen-bond acceptors (Lipinski definition) is 6. The van der Waals surface area contributed by atoms with Gasteiger partial charge in [-0.15, -0.1) is 22.0 Å². The molecular weight excluding hydrogens is 348 g/mol. The lowest BCUT2D eigenvalue weighted by Crippen LogP contribution is -2.28. The summed E-state index contributed by atoms with van der Waals surface area (Å²) in [4.78, 5) is 13.2. The van der Waals surface area contributed by atoms with Crippen LogP contribution in [0.1, 0.15) is 16.1 Å². The highest BCUT2D eigenvalue weighted by Gasteiger charge is 2.05. The molecule has 8 heteroatoms. The number of aromatic nitrogens is 4. The van der Waals surface area contributed by atoms with E-state index in [1.165, 1.54) is 0 Å². The van der Waals surface area contributed by atoms with Crippen LogP contribution in [0.3, 0.4) is 0 Å². The third-order valence-corrected chi connectivity index (χ3v) is 4.42. The highest BCUT2D eigenvalue weighted by molar-refractivity contribution is 7.98. The largest absolute Gasteiger partial charge is 0.367 e. The van der Waals surface area contributed by atoms with Gasteiger partial charge in [0.05, 0.1) is 5.69 Å². The number of nitrogens with one attached hydrogen (secondary N) is 2. The molecule has 134 valence electrons. The van der Waals surface area contributed by atoms with Crippen LogP contribution in [0, 0.1) is 6.92 Å². The number of carbonyl (C=O) groups excluding carboxylic acids is 1. The monoisotopic (exact) mass is 368 g/mol. The third kappa shape index (κ3) is 4.60. The molecule has 0 aliphatic heterocycles.